The van der Waals surface area contributed by atoms with Crippen molar-refractivity contribution in [1.29, 1.82) is 0 Å². The summed E-state index contributed by atoms with van der Waals surface area (Å²) in [5, 5.41) is 4.78. The van der Waals surface area contributed by atoms with E-state index in [2.05, 4.69) is 20.9 Å². The first-order chi connectivity index (χ1) is 22.3. The molecule has 0 bridgehead atoms. The molecule has 6 nitrogen and oxygen atoms in total. The van der Waals surface area contributed by atoms with Gasteiger partial charge in [0, 0.05) is 44.2 Å². The van der Waals surface area contributed by atoms with Crippen molar-refractivity contribution in [3.8, 4) is 0 Å². The number of likely N-dealkylation sites (tertiary alicyclic amines) is 1. The first-order valence-corrected chi connectivity index (χ1v) is 16.5. The van der Waals surface area contributed by atoms with E-state index in [1.807, 2.05) is 85.9 Å². The number of fused-ring (bicyclic) bond motifs is 1. The summed E-state index contributed by atoms with van der Waals surface area (Å²) in [6.45, 7) is 4.02. The van der Waals surface area contributed by atoms with Crippen molar-refractivity contribution in [1.82, 2.24) is 19.4 Å². The quantitative estimate of drug-likeness (QED) is 0.155. The zero-order valence-electron chi connectivity index (χ0n) is 25.9. The molecule has 1 fully saturated rings. The SMILES string of the molecule is CN(CC(CCN1CCC(Nc2nc3ccccc3n2Cc2ccc(F)cc2)CC1)c1ccc(Cl)c(Cl)c1)C(=O)c1ccccc1. The fourth-order valence-electron chi connectivity index (χ4n) is 6.28. The largest absolute Gasteiger partial charge is 0.353 e. The van der Waals surface area contributed by atoms with Crippen LogP contribution in [-0.4, -0.2) is 64.5 Å². The minimum absolute atomic E-state index is 0.00278. The van der Waals surface area contributed by atoms with Crippen LogP contribution in [0.2, 0.25) is 10.0 Å². The molecule has 238 valence electrons. The lowest BCUT2D eigenvalue weighted by Crippen LogP contribution is -2.40. The number of benzene rings is 4. The van der Waals surface area contributed by atoms with Gasteiger partial charge < -0.3 is 19.7 Å². The highest BCUT2D eigenvalue weighted by Gasteiger charge is 2.24. The van der Waals surface area contributed by atoms with Crippen LogP contribution >= 0.6 is 23.2 Å². The minimum Gasteiger partial charge on any atom is -0.353 e. The Hall–Kier alpha value is -3.91. The Bertz CT molecular complexity index is 1770. The highest BCUT2D eigenvalue weighted by atomic mass is 35.5. The van der Waals surface area contributed by atoms with E-state index in [0.717, 1.165) is 67.0 Å². The number of hydrogen-bond acceptors (Lipinski definition) is 4. The van der Waals surface area contributed by atoms with Gasteiger partial charge in [0.15, 0.2) is 0 Å². The zero-order chi connectivity index (χ0) is 32.0. The van der Waals surface area contributed by atoms with Crippen molar-refractivity contribution in [2.75, 3.05) is 38.5 Å². The van der Waals surface area contributed by atoms with Crippen molar-refractivity contribution < 1.29 is 9.18 Å². The van der Waals surface area contributed by atoms with E-state index in [-0.39, 0.29) is 17.6 Å². The molecule has 1 aliphatic heterocycles. The molecule has 6 rings (SSSR count). The summed E-state index contributed by atoms with van der Waals surface area (Å²) in [6.07, 6.45) is 2.86. The first-order valence-electron chi connectivity index (χ1n) is 15.8. The third-order valence-electron chi connectivity index (χ3n) is 8.90. The number of piperidine rings is 1. The Morgan fingerprint density at radius 1 is 0.957 bits per heavy atom. The number of carbonyl (C=O) groups is 1. The van der Waals surface area contributed by atoms with Crippen molar-refractivity contribution in [2.45, 2.75) is 37.8 Å². The van der Waals surface area contributed by atoms with Gasteiger partial charge in [0.05, 0.1) is 27.6 Å². The second kappa shape index (κ2) is 14.7. The van der Waals surface area contributed by atoms with Gasteiger partial charge in [-0.2, -0.15) is 0 Å². The Morgan fingerprint density at radius 3 is 2.41 bits per heavy atom. The molecular formula is C37H38Cl2FN5O. The van der Waals surface area contributed by atoms with Gasteiger partial charge >= 0.3 is 0 Å². The molecule has 0 spiro atoms. The molecule has 4 aromatic carbocycles. The van der Waals surface area contributed by atoms with Gasteiger partial charge in [0.2, 0.25) is 5.95 Å². The van der Waals surface area contributed by atoms with Gasteiger partial charge in [-0.3, -0.25) is 4.79 Å². The molecule has 0 aliphatic carbocycles. The lowest BCUT2D eigenvalue weighted by atomic mass is 9.94. The number of carbonyl (C=O) groups excluding carboxylic acids is 1. The predicted molar refractivity (Wildman–Crippen MR) is 186 cm³/mol. The summed E-state index contributed by atoms with van der Waals surface area (Å²) in [5.74, 6) is 0.716. The van der Waals surface area contributed by atoms with E-state index in [9.17, 15) is 9.18 Å². The standard InChI is InChI=1S/C37H38Cl2FN5O/c1-43(36(46)27-7-3-2-4-8-27)25-29(28-13-16-32(38)33(39)23-28)17-20-44-21-18-31(19-22-44)41-37-42-34-9-5-6-10-35(34)45(37)24-26-11-14-30(40)15-12-26/h2-16,23,29,31H,17-22,24-25H2,1H3,(H,41,42). The average Bonchev–Trinajstić information content (AvgIpc) is 3.42. The fraction of sp³-hybridized carbons (Fsp3) is 0.297. The summed E-state index contributed by atoms with van der Waals surface area (Å²) in [4.78, 5) is 22.4. The number of halogens is 3. The lowest BCUT2D eigenvalue weighted by Gasteiger charge is -2.34. The smallest absolute Gasteiger partial charge is 0.253 e. The van der Waals surface area contributed by atoms with Crippen molar-refractivity contribution in [2.24, 2.45) is 0 Å². The fourth-order valence-corrected chi connectivity index (χ4v) is 6.59. The third kappa shape index (κ3) is 7.72. The van der Waals surface area contributed by atoms with Crippen LogP contribution in [0.1, 0.15) is 46.7 Å². The number of anilines is 1. The monoisotopic (exact) mass is 657 g/mol. The summed E-state index contributed by atoms with van der Waals surface area (Å²) in [6, 6.07) is 30.3. The number of hydrogen-bond donors (Lipinski definition) is 1. The van der Waals surface area contributed by atoms with Crippen LogP contribution in [-0.2, 0) is 6.54 Å². The number of amides is 1. The van der Waals surface area contributed by atoms with E-state index < -0.39 is 0 Å². The number of likely N-dealkylation sites (N-methyl/N-ethyl adjacent to an activating group) is 1. The Balaban J connectivity index is 1.09. The molecule has 1 unspecified atom stereocenters. The van der Waals surface area contributed by atoms with E-state index in [1.165, 1.54) is 12.1 Å². The first kappa shape index (κ1) is 32.0. The zero-order valence-corrected chi connectivity index (χ0v) is 27.4. The van der Waals surface area contributed by atoms with Crippen molar-refractivity contribution in [3.05, 3.63) is 130 Å². The summed E-state index contributed by atoms with van der Waals surface area (Å²) < 4.78 is 15.7. The average molecular weight is 659 g/mol. The molecule has 9 heteroatoms. The second-order valence-corrected chi connectivity index (χ2v) is 12.9. The lowest BCUT2D eigenvalue weighted by molar-refractivity contribution is 0.0782. The molecule has 1 aliphatic rings. The molecule has 1 N–H and O–H groups in total. The molecule has 46 heavy (non-hydrogen) atoms. The van der Waals surface area contributed by atoms with E-state index in [4.69, 9.17) is 28.2 Å². The number of aromatic nitrogens is 2. The number of para-hydroxylation sites is 2. The topological polar surface area (TPSA) is 53.4 Å². The highest BCUT2D eigenvalue weighted by Crippen LogP contribution is 2.30. The Labute approximate surface area is 279 Å². The molecule has 1 saturated heterocycles. The van der Waals surface area contributed by atoms with Crippen LogP contribution < -0.4 is 5.32 Å². The van der Waals surface area contributed by atoms with Gasteiger partial charge in [-0.15, -0.1) is 0 Å². The van der Waals surface area contributed by atoms with Crippen LogP contribution in [0.5, 0.6) is 0 Å². The maximum absolute atomic E-state index is 13.5. The van der Waals surface area contributed by atoms with Gasteiger partial charge in [-0.25, -0.2) is 9.37 Å². The summed E-state index contributed by atoms with van der Waals surface area (Å²) in [7, 11) is 1.86. The minimum atomic E-state index is -0.236. The predicted octanol–water partition coefficient (Wildman–Crippen LogP) is 8.35. The summed E-state index contributed by atoms with van der Waals surface area (Å²) >= 11 is 12.7. The molecule has 5 aromatic rings. The number of rotatable bonds is 11. The number of imidazole rings is 1. The van der Waals surface area contributed by atoms with Gasteiger partial charge in [0.1, 0.15) is 5.82 Å². The third-order valence-corrected chi connectivity index (χ3v) is 9.64. The number of nitrogens with one attached hydrogen (secondary N) is 1. The molecular weight excluding hydrogens is 620 g/mol. The molecule has 2 heterocycles. The van der Waals surface area contributed by atoms with Crippen LogP contribution in [0, 0.1) is 5.82 Å². The van der Waals surface area contributed by atoms with E-state index >= 15 is 0 Å². The van der Waals surface area contributed by atoms with Crippen LogP contribution in [0.4, 0.5) is 10.3 Å². The van der Waals surface area contributed by atoms with E-state index in [1.54, 1.807) is 4.90 Å². The van der Waals surface area contributed by atoms with Gasteiger partial charge in [0.25, 0.3) is 5.91 Å². The Morgan fingerprint density at radius 2 is 1.67 bits per heavy atom. The van der Waals surface area contributed by atoms with Gasteiger partial charge in [-0.05, 0) is 85.5 Å². The van der Waals surface area contributed by atoms with Crippen molar-refractivity contribution >= 4 is 46.1 Å². The molecule has 0 saturated carbocycles. The Kier molecular flexibility index (Phi) is 10.2. The maximum Gasteiger partial charge on any atom is 0.253 e. The normalized spacial score (nSPS) is 14.8. The molecule has 1 atom stereocenters. The maximum atomic E-state index is 13.5. The van der Waals surface area contributed by atoms with Gasteiger partial charge in [-0.1, -0.05) is 71.7 Å². The second-order valence-electron chi connectivity index (χ2n) is 12.1. The highest BCUT2D eigenvalue weighted by molar-refractivity contribution is 6.42. The van der Waals surface area contributed by atoms with Crippen molar-refractivity contribution in [3.63, 3.8) is 0 Å². The van der Waals surface area contributed by atoms with E-state index in [0.29, 0.717) is 34.7 Å². The number of nitrogens with zero attached hydrogens (tertiary/aromatic N) is 4. The molecule has 0 radical (unpaired) electrons. The van der Waals surface area contributed by atoms with Crippen LogP contribution in [0.25, 0.3) is 11.0 Å². The van der Waals surface area contributed by atoms with Crippen LogP contribution in [0.15, 0.2) is 97.1 Å². The molecule has 1 amide bonds. The summed E-state index contributed by atoms with van der Waals surface area (Å²) in [5.41, 5.74) is 4.77. The van der Waals surface area contributed by atoms with Crippen LogP contribution in [0.3, 0.4) is 0 Å². The molecule has 1 aromatic heterocycles.